The molecule has 29 heavy (non-hydrogen) atoms. The van der Waals surface area contributed by atoms with Crippen molar-refractivity contribution in [1.82, 2.24) is 4.98 Å². The largest absolute Gasteiger partial charge is 0.497 e. The molecule has 0 atom stereocenters. The van der Waals surface area contributed by atoms with Crippen molar-refractivity contribution in [2.75, 3.05) is 19.5 Å². The van der Waals surface area contributed by atoms with E-state index >= 15 is 0 Å². The SMILES string of the molecule is COc1ccc(-c2csc(NC(=O)c3cc4ccccc4c(Br)c3OC)n2)cc1. The summed E-state index contributed by atoms with van der Waals surface area (Å²) >= 11 is 4.94. The Hall–Kier alpha value is -2.90. The number of ether oxygens (including phenoxy) is 2. The molecule has 0 spiro atoms. The van der Waals surface area contributed by atoms with Crippen LogP contribution >= 0.6 is 27.3 Å². The Morgan fingerprint density at radius 3 is 2.55 bits per heavy atom. The molecule has 0 aliphatic rings. The van der Waals surface area contributed by atoms with Gasteiger partial charge in [0.2, 0.25) is 0 Å². The van der Waals surface area contributed by atoms with Crippen molar-refractivity contribution >= 4 is 49.1 Å². The molecule has 0 fully saturated rings. The van der Waals surface area contributed by atoms with Crippen LogP contribution in [0.5, 0.6) is 11.5 Å². The Kier molecular flexibility index (Phi) is 5.51. The molecule has 0 saturated carbocycles. The second-order valence-corrected chi connectivity index (χ2v) is 7.86. The van der Waals surface area contributed by atoms with Crippen LogP contribution < -0.4 is 14.8 Å². The van der Waals surface area contributed by atoms with Gasteiger partial charge in [0.15, 0.2) is 5.13 Å². The van der Waals surface area contributed by atoms with Gasteiger partial charge in [0.25, 0.3) is 5.91 Å². The van der Waals surface area contributed by atoms with Gasteiger partial charge in [0, 0.05) is 10.9 Å². The summed E-state index contributed by atoms with van der Waals surface area (Å²) in [7, 11) is 3.18. The van der Waals surface area contributed by atoms with Crippen LogP contribution in [0.2, 0.25) is 0 Å². The summed E-state index contributed by atoms with van der Waals surface area (Å²) in [5, 5.41) is 7.24. The number of amides is 1. The standard InChI is InChI=1S/C22H17BrN2O3S/c1-27-15-9-7-13(8-10-15)18-12-29-22(24-18)25-21(26)17-11-14-5-3-4-6-16(14)19(23)20(17)28-2/h3-12H,1-2H3,(H,24,25,26). The van der Waals surface area contributed by atoms with E-state index in [1.807, 2.05) is 60.0 Å². The smallest absolute Gasteiger partial charge is 0.261 e. The molecule has 1 amide bonds. The zero-order valence-electron chi connectivity index (χ0n) is 15.7. The van der Waals surface area contributed by atoms with Gasteiger partial charge in [0.1, 0.15) is 11.5 Å². The number of fused-ring (bicyclic) bond motifs is 1. The molecule has 0 bridgehead atoms. The molecule has 5 nitrogen and oxygen atoms in total. The van der Waals surface area contributed by atoms with E-state index in [-0.39, 0.29) is 5.91 Å². The third kappa shape index (κ3) is 3.83. The number of anilines is 1. The number of aromatic nitrogens is 1. The number of nitrogens with zero attached hydrogens (tertiary/aromatic N) is 1. The van der Waals surface area contributed by atoms with Crippen LogP contribution in [0.4, 0.5) is 5.13 Å². The fourth-order valence-electron chi connectivity index (χ4n) is 3.04. The Bertz CT molecular complexity index is 1190. The van der Waals surface area contributed by atoms with Gasteiger partial charge >= 0.3 is 0 Å². The first-order valence-electron chi connectivity index (χ1n) is 8.77. The first-order valence-corrected chi connectivity index (χ1v) is 10.4. The monoisotopic (exact) mass is 468 g/mol. The average Bonchev–Trinajstić information content (AvgIpc) is 3.22. The van der Waals surface area contributed by atoms with Gasteiger partial charge in [-0.15, -0.1) is 11.3 Å². The van der Waals surface area contributed by atoms with Crippen molar-refractivity contribution in [3.8, 4) is 22.8 Å². The number of rotatable bonds is 5. The van der Waals surface area contributed by atoms with Crippen molar-refractivity contribution < 1.29 is 14.3 Å². The van der Waals surface area contributed by atoms with Crippen molar-refractivity contribution in [1.29, 1.82) is 0 Å². The summed E-state index contributed by atoms with van der Waals surface area (Å²) in [6.07, 6.45) is 0. The van der Waals surface area contributed by atoms with Crippen LogP contribution in [0.25, 0.3) is 22.0 Å². The summed E-state index contributed by atoms with van der Waals surface area (Å²) in [5.41, 5.74) is 2.19. The second-order valence-electron chi connectivity index (χ2n) is 6.21. The minimum atomic E-state index is -0.274. The minimum Gasteiger partial charge on any atom is -0.497 e. The van der Waals surface area contributed by atoms with Crippen LogP contribution in [0.3, 0.4) is 0 Å². The van der Waals surface area contributed by atoms with Crippen molar-refractivity contribution in [3.05, 3.63) is 70.0 Å². The van der Waals surface area contributed by atoms with Gasteiger partial charge in [-0.3, -0.25) is 10.1 Å². The molecule has 1 heterocycles. The number of thiazole rings is 1. The number of hydrogen-bond acceptors (Lipinski definition) is 5. The maximum atomic E-state index is 13.0. The molecular weight excluding hydrogens is 452 g/mol. The van der Waals surface area contributed by atoms with Crippen molar-refractivity contribution in [3.63, 3.8) is 0 Å². The van der Waals surface area contributed by atoms with E-state index in [4.69, 9.17) is 9.47 Å². The molecular formula is C22H17BrN2O3S. The highest BCUT2D eigenvalue weighted by atomic mass is 79.9. The fourth-order valence-corrected chi connectivity index (χ4v) is 4.49. The summed E-state index contributed by atoms with van der Waals surface area (Å²) in [5.74, 6) is 1.00. The molecule has 1 aromatic heterocycles. The molecule has 0 saturated heterocycles. The van der Waals surface area contributed by atoms with E-state index in [1.165, 1.54) is 11.3 Å². The highest BCUT2D eigenvalue weighted by Gasteiger charge is 2.19. The lowest BCUT2D eigenvalue weighted by Crippen LogP contribution is -2.13. The zero-order chi connectivity index (χ0) is 20.4. The number of hydrogen-bond donors (Lipinski definition) is 1. The molecule has 3 aromatic carbocycles. The highest BCUT2D eigenvalue weighted by Crippen LogP contribution is 2.37. The minimum absolute atomic E-state index is 0.274. The summed E-state index contributed by atoms with van der Waals surface area (Å²) in [6, 6.07) is 17.3. The summed E-state index contributed by atoms with van der Waals surface area (Å²) < 4.78 is 11.4. The van der Waals surface area contributed by atoms with Gasteiger partial charge in [0.05, 0.1) is 29.9 Å². The van der Waals surface area contributed by atoms with E-state index in [0.29, 0.717) is 16.4 Å². The van der Waals surface area contributed by atoms with E-state index in [1.54, 1.807) is 14.2 Å². The van der Waals surface area contributed by atoms with Crippen LogP contribution in [0.15, 0.2) is 64.5 Å². The quantitative estimate of drug-likeness (QED) is 0.390. The van der Waals surface area contributed by atoms with Crippen LogP contribution in [-0.2, 0) is 0 Å². The van der Waals surface area contributed by atoms with Crippen LogP contribution in [0.1, 0.15) is 10.4 Å². The topological polar surface area (TPSA) is 60.5 Å². The van der Waals surface area contributed by atoms with Crippen LogP contribution in [-0.4, -0.2) is 25.1 Å². The maximum absolute atomic E-state index is 13.0. The number of methoxy groups -OCH3 is 2. The zero-order valence-corrected chi connectivity index (χ0v) is 18.1. The highest BCUT2D eigenvalue weighted by molar-refractivity contribution is 9.10. The van der Waals surface area contributed by atoms with Gasteiger partial charge in [-0.05, 0) is 57.0 Å². The number of benzene rings is 3. The van der Waals surface area contributed by atoms with Crippen molar-refractivity contribution in [2.24, 2.45) is 0 Å². The lowest BCUT2D eigenvalue weighted by atomic mass is 10.1. The predicted molar refractivity (Wildman–Crippen MR) is 120 cm³/mol. The Morgan fingerprint density at radius 1 is 1.07 bits per heavy atom. The Labute approximate surface area is 180 Å². The molecule has 4 rings (SSSR count). The summed E-state index contributed by atoms with van der Waals surface area (Å²) in [4.78, 5) is 17.5. The molecule has 0 radical (unpaired) electrons. The normalized spacial score (nSPS) is 10.7. The second kappa shape index (κ2) is 8.23. The Morgan fingerprint density at radius 2 is 1.83 bits per heavy atom. The molecule has 0 aliphatic heterocycles. The van der Waals surface area contributed by atoms with Gasteiger partial charge in [-0.2, -0.15) is 0 Å². The van der Waals surface area contributed by atoms with E-state index in [2.05, 4.69) is 26.2 Å². The molecule has 7 heteroatoms. The van der Waals surface area contributed by atoms with Crippen molar-refractivity contribution in [2.45, 2.75) is 0 Å². The molecule has 0 aliphatic carbocycles. The van der Waals surface area contributed by atoms with E-state index < -0.39 is 0 Å². The predicted octanol–water partition coefficient (Wildman–Crippen LogP) is 6.00. The third-order valence-corrected chi connectivity index (χ3v) is 6.05. The summed E-state index contributed by atoms with van der Waals surface area (Å²) in [6.45, 7) is 0. The molecule has 1 N–H and O–H groups in total. The first-order chi connectivity index (χ1) is 14.1. The van der Waals surface area contributed by atoms with E-state index in [0.717, 1.165) is 32.3 Å². The van der Waals surface area contributed by atoms with Gasteiger partial charge in [-0.1, -0.05) is 24.3 Å². The third-order valence-electron chi connectivity index (χ3n) is 4.50. The fraction of sp³-hybridized carbons (Fsp3) is 0.0909. The average molecular weight is 469 g/mol. The van der Waals surface area contributed by atoms with E-state index in [9.17, 15) is 4.79 Å². The number of carbonyl (C=O) groups is 1. The maximum Gasteiger partial charge on any atom is 0.261 e. The number of halogens is 1. The van der Waals surface area contributed by atoms with Gasteiger partial charge < -0.3 is 9.47 Å². The molecule has 146 valence electrons. The number of nitrogens with one attached hydrogen (secondary N) is 1. The molecule has 0 unspecified atom stereocenters. The number of carbonyl (C=O) groups excluding carboxylic acids is 1. The van der Waals surface area contributed by atoms with Crippen LogP contribution in [0, 0.1) is 0 Å². The molecule has 4 aromatic rings. The first kappa shape index (κ1) is 19.4. The van der Waals surface area contributed by atoms with Gasteiger partial charge in [-0.25, -0.2) is 4.98 Å². The lowest BCUT2D eigenvalue weighted by molar-refractivity contribution is 0.102. The lowest BCUT2D eigenvalue weighted by Gasteiger charge is -2.12. The Balaban J connectivity index is 1.62.